The van der Waals surface area contributed by atoms with Crippen LogP contribution in [-0.4, -0.2) is 37.0 Å². The van der Waals surface area contributed by atoms with E-state index in [0.29, 0.717) is 0 Å². The van der Waals surface area contributed by atoms with Crippen LogP contribution in [0.5, 0.6) is 0 Å². The average Bonchev–Trinajstić information content (AvgIpc) is 2.28. The first-order valence-electron chi connectivity index (χ1n) is 5.07. The van der Waals surface area contributed by atoms with Crippen molar-refractivity contribution in [3.8, 4) is 0 Å². The molecule has 0 saturated carbocycles. The van der Waals surface area contributed by atoms with Crippen LogP contribution in [0, 0.1) is 0 Å². The highest BCUT2D eigenvalue weighted by Crippen LogP contribution is 2.51. The van der Waals surface area contributed by atoms with Gasteiger partial charge in [0, 0.05) is 0 Å². The Bertz CT molecular complexity index is 297. The quantitative estimate of drug-likeness (QED) is 0.538. The Morgan fingerprint density at radius 2 is 1.00 bits per heavy atom. The van der Waals surface area contributed by atoms with Gasteiger partial charge in [0.05, 0.1) is 19.8 Å². The third kappa shape index (κ3) is 3.56. The highest BCUT2D eigenvalue weighted by atomic mass is 31.2. The van der Waals surface area contributed by atoms with Crippen molar-refractivity contribution in [1.82, 2.24) is 0 Å². The Kier molecular flexibility index (Phi) is 6.50. The number of rotatable bonds is 6. The van der Waals surface area contributed by atoms with E-state index in [1.807, 2.05) is 0 Å². The molecule has 0 aromatic rings. The lowest BCUT2D eigenvalue weighted by Crippen LogP contribution is -2.20. The molecule has 0 rings (SSSR count). The summed E-state index contributed by atoms with van der Waals surface area (Å²) in [4.78, 5) is 34.2. The number of carbonyl (C=O) groups is 3. The normalized spacial score (nSPS) is 10.5. The molecule has 17 heavy (non-hydrogen) atoms. The van der Waals surface area contributed by atoms with Crippen LogP contribution in [0.25, 0.3) is 0 Å². The first-order valence-corrected chi connectivity index (χ1v) is 6.77. The highest BCUT2D eigenvalue weighted by molar-refractivity contribution is 8.05. The maximum atomic E-state index is 12.1. The van der Waals surface area contributed by atoms with Gasteiger partial charge in [-0.3, -0.25) is 4.57 Å². The van der Waals surface area contributed by atoms with Crippen LogP contribution in [0.1, 0.15) is 20.8 Å². The largest absolute Gasteiger partial charge is 0.460 e. The topological polar surface area (TPSA) is 96.0 Å². The first kappa shape index (κ1) is 15.6. The summed E-state index contributed by atoms with van der Waals surface area (Å²) in [5.41, 5.74) is -4.22. The van der Waals surface area contributed by atoms with E-state index in [1.54, 1.807) is 0 Å². The van der Waals surface area contributed by atoms with Crippen molar-refractivity contribution in [2.45, 2.75) is 20.8 Å². The summed E-state index contributed by atoms with van der Waals surface area (Å²) in [5.74, 6) is 0. The molecular formula is C9H15O7P. The fourth-order valence-corrected chi connectivity index (χ4v) is 2.25. The predicted molar refractivity (Wildman–Crippen MR) is 58.7 cm³/mol. The molecule has 0 bridgehead atoms. The van der Waals surface area contributed by atoms with Crippen molar-refractivity contribution in [2.24, 2.45) is 0 Å². The van der Waals surface area contributed by atoms with Crippen LogP contribution < -0.4 is 0 Å². The van der Waals surface area contributed by atoms with E-state index in [2.05, 4.69) is 14.2 Å². The van der Waals surface area contributed by atoms with E-state index in [4.69, 9.17) is 0 Å². The lowest BCUT2D eigenvalue weighted by Gasteiger charge is -2.13. The first-order chi connectivity index (χ1) is 7.94. The standard InChI is InChI=1S/C9H15O7P/c1-4-14-7(10)17(13,8(11)15-5-2)9(12)16-6-3/h4-6H2,1-3H3. The Morgan fingerprint density at radius 1 is 0.765 bits per heavy atom. The Hall–Kier alpha value is -1.36. The maximum Gasteiger partial charge on any atom is 0.396 e. The van der Waals surface area contributed by atoms with E-state index >= 15 is 0 Å². The Morgan fingerprint density at radius 3 is 1.18 bits per heavy atom. The molecule has 7 nitrogen and oxygen atoms in total. The van der Waals surface area contributed by atoms with E-state index in [1.165, 1.54) is 20.8 Å². The monoisotopic (exact) mass is 266 g/mol. The molecule has 0 amide bonds. The van der Waals surface area contributed by atoms with Crippen LogP contribution in [0.2, 0.25) is 0 Å². The summed E-state index contributed by atoms with van der Waals surface area (Å²) < 4.78 is 25.4. The van der Waals surface area contributed by atoms with Gasteiger partial charge in [-0.25, -0.2) is 14.4 Å². The molecule has 0 aromatic heterocycles. The van der Waals surface area contributed by atoms with E-state index in [-0.39, 0.29) is 19.8 Å². The summed E-state index contributed by atoms with van der Waals surface area (Å²) >= 11 is 0. The summed E-state index contributed by atoms with van der Waals surface area (Å²) in [6, 6.07) is 0. The van der Waals surface area contributed by atoms with Crippen molar-refractivity contribution < 1.29 is 33.2 Å². The molecule has 0 unspecified atom stereocenters. The van der Waals surface area contributed by atoms with Gasteiger partial charge in [-0.15, -0.1) is 0 Å². The van der Waals surface area contributed by atoms with Gasteiger partial charge in [0.1, 0.15) is 0 Å². The minimum atomic E-state index is -4.63. The molecule has 0 fully saturated rings. The van der Waals surface area contributed by atoms with Crippen molar-refractivity contribution in [3.05, 3.63) is 0 Å². The van der Waals surface area contributed by atoms with Crippen molar-refractivity contribution in [2.75, 3.05) is 19.8 Å². The second-order valence-corrected chi connectivity index (χ2v) is 5.02. The second kappa shape index (κ2) is 7.06. The minimum Gasteiger partial charge on any atom is -0.460 e. The Balaban J connectivity index is 5.20. The maximum absolute atomic E-state index is 12.1. The van der Waals surface area contributed by atoms with Gasteiger partial charge in [0.25, 0.3) is 0 Å². The summed E-state index contributed by atoms with van der Waals surface area (Å²) in [6.45, 7) is 4.04. The van der Waals surface area contributed by atoms with Gasteiger partial charge in [0.15, 0.2) is 0 Å². The lowest BCUT2D eigenvalue weighted by atomic mass is 10.9. The van der Waals surface area contributed by atoms with E-state index in [9.17, 15) is 18.9 Å². The molecule has 0 N–H and O–H groups in total. The van der Waals surface area contributed by atoms with Crippen LogP contribution in [0.15, 0.2) is 0 Å². The van der Waals surface area contributed by atoms with Crippen molar-refractivity contribution in [3.63, 3.8) is 0 Å². The number of ether oxygens (including phenoxy) is 3. The van der Waals surface area contributed by atoms with Crippen LogP contribution >= 0.6 is 7.14 Å². The molecule has 0 saturated heterocycles. The fraction of sp³-hybridized carbons (Fsp3) is 0.667. The molecular weight excluding hydrogens is 251 g/mol. The highest BCUT2D eigenvalue weighted by Gasteiger charge is 2.52. The SMILES string of the molecule is CCOC(=O)P(=O)(C(=O)OCC)C(=O)OCC. The predicted octanol–water partition coefficient (Wildman–Crippen LogP) is 2.82. The third-order valence-corrected chi connectivity index (χ3v) is 3.50. The summed E-state index contributed by atoms with van der Waals surface area (Å²) in [5, 5.41) is 0. The van der Waals surface area contributed by atoms with Gasteiger partial charge in [-0.1, -0.05) is 0 Å². The lowest BCUT2D eigenvalue weighted by molar-refractivity contribution is 0.162. The molecule has 98 valence electrons. The van der Waals surface area contributed by atoms with Gasteiger partial charge in [0.2, 0.25) is 0 Å². The van der Waals surface area contributed by atoms with Crippen molar-refractivity contribution in [1.29, 1.82) is 0 Å². The van der Waals surface area contributed by atoms with Gasteiger partial charge < -0.3 is 14.2 Å². The average molecular weight is 266 g/mol. The van der Waals surface area contributed by atoms with E-state index in [0.717, 1.165) is 0 Å². The molecule has 0 aliphatic carbocycles. The van der Waals surface area contributed by atoms with Gasteiger partial charge in [-0.2, -0.15) is 0 Å². The third-order valence-electron chi connectivity index (χ3n) is 1.57. The smallest absolute Gasteiger partial charge is 0.396 e. The van der Waals surface area contributed by atoms with Crippen LogP contribution in [0.4, 0.5) is 14.4 Å². The molecule has 0 aliphatic rings. The number of hydrogen-bond acceptors (Lipinski definition) is 7. The summed E-state index contributed by atoms with van der Waals surface area (Å²) in [6.07, 6.45) is 0. The molecule has 0 atom stereocenters. The van der Waals surface area contributed by atoms with Crippen molar-refractivity contribution >= 4 is 24.3 Å². The summed E-state index contributed by atoms with van der Waals surface area (Å²) in [7, 11) is -4.63. The van der Waals surface area contributed by atoms with Crippen LogP contribution in [-0.2, 0) is 18.8 Å². The molecule has 0 radical (unpaired) electrons. The zero-order valence-electron chi connectivity index (χ0n) is 9.93. The fourth-order valence-electron chi connectivity index (χ4n) is 0.867. The Labute approximate surface area is 98.8 Å². The molecule has 0 aliphatic heterocycles. The number of hydrogen-bond donors (Lipinski definition) is 0. The second-order valence-electron chi connectivity index (χ2n) is 2.71. The number of carbonyl (C=O) groups excluding carboxylic acids is 3. The molecule has 0 spiro atoms. The minimum absolute atomic E-state index is 0.109. The molecule has 8 heteroatoms. The van der Waals surface area contributed by atoms with Crippen LogP contribution in [0.3, 0.4) is 0 Å². The zero-order chi connectivity index (χ0) is 13.5. The van der Waals surface area contributed by atoms with E-state index < -0.39 is 24.3 Å². The molecule has 0 aromatic carbocycles. The zero-order valence-corrected chi connectivity index (χ0v) is 10.8. The molecule has 0 heterocycles. The van der Waals surface area contributed by atoms with Gasteiger partial charge in [-0.05, 0) is 20.8 Å². The van der Waals surface area contributed by atoms with Gasteiger partial charge >= 0.3 is 24.3 Å².